The molecule has 7 nitrogen and oxygen atoms in total. The van der Waals surface area contributed by atoms with Crippen molar-refractivity contribution in [2.45, 2.75) is 69.9 Å². The molecule has 8 heteroatoms. The molecule has 2 N–H and O–H groups in total. The van der Waals surface area contributed by atoms with E-state index in [9.17, 15) is 8.42 Å². The lowest BCUT2D eigenvalue weighted by Crippen LogP contribution is -2.33. The Morgan fingerprint density at radius 3 is 2.27 bits per heavy atom. The first-order chi connectivity index (χ1) is 14.5. The van der Waals surface area contributed by atoms with Gasteiger partial charge in [-0.1, -0.05) is 32.8 Å². The molecule has 3 rings (SSSR count). The molecular formula is C22H33N5O2S. The van der Waals surface area contributed by atoms with Crippen LogP contribution in [0.15, 0.2) is 41.6 Å². The molecule has 30 heavy (non-hydrogen) atoms. The zero-order valence-corrected chi connectivity index (χ0v) is 18.8. The minimum atomic E-state index is -3.54. The lowest BCUT2D eigenvalue weighted by Gasteiger charge is -2.21. The van der Waals surface area contributed by atoms with E-state index in [1.807, 2.05) is 20.0 Å². The molecule has 3 heterocycles. The summed E-state index contributed by atoms with van der Waals surface area (Å²) >= 11 is 0. The highest BCUT2D eigenvalue weighted by Gasteiger charge is 2.18. The first-order valence-electron chi connectivity index (χ1n) is 10.9. The number of rotatable bonds is 9. The summed E-state index contributed by atoms with van der Waals surface area (Å²) in [6.45, 7) is 6.68. The Labute approximate surface area is 180 Å². The van der Waals surface area contributed by atoms with Crippen molar-refractivity contribution in [3.63, 3.8) is 0 Å². The van der Waals surface area contributed by atoms with E-state index in [1.165, 1.54) is 31.9 Å². The van der Waals surface area contributed by atoms with E-state index in [0.717, 1.165) is 37.3 Å². The summed E-state index contributed by atoms with van der Waals surface area (Å²) in [5.74, 6) is 1.67. The summed E-state index contributed by atoms with van der Waals surface area (Å²) in [4.78, 5) is 11.4. The van der Waals surface area contributed by atoms with Gasteiger partial charge in [-0.15, -0.1) is 0 Å². The SMILES string of the molecule is CCC(CC)NS(=O)(=O)c1ccc(NCc2ccc(N3CCCCCC3)nc2)nc1. The zero-order valence-electron chi connectivity index (χ0n) is 18.0. The minimum Gasteiger partial charge on any atom is -0.366 e. The monoisotopic (exact) mass is 431 g/mol. The van der Waals surface area contributed by atoms with Gasteiger partial charge < -0.3 is 10.2 Å². The van der Waals surface area contributed by atoms with Crippen molar-refractivity contribution in [2.24, 2.45) is 0 Å². The van der Waals surface area contributed by atoms with Crippen LogP contribution in [0.5, 0.6) is 0 Å². The molecule has 1 aliphatic heterocycles. The molecule has 0 saturated carbocycles. The molecule has 1 aliphatic rings. The van der Waals surface area contributed by atoms with Gasteiger partial charge in [0.1, 0.15) is 16.5 Å². The van der Waals surface area contributed by atoms with Crippen molar-refractivity contribution >= 4 is 21.7 Å². The molecule has 1 fully saturated rings. The van der Waals surface area contributed by atoms with Crippen LogP contribution in [0.25, 0.3) is 0 Å². The van der Waals surface area contributed by atoms with Crippen LogP contribution in [-0.2, 0) is 16.6 Å². The highest BCUT2D eigenvalue weighted by Crippen LogP contribution is 2.18. The number of hydrogen-bond donors (Lipinski definition) is 2. The summed E-state index contributed by atoms with van der Waals surface area (Å²) in [5, 5.41) is 3.23. The van der Waals surface area contributed by atoms with Gasteiger partial charge in [0.25, 0.3) is 0 Å². The van der Waals surface area contributed by atoms with Gasteiger partial charge in [0, 0.05) is 38.1 Å². The molecule has 0 unspecified atom stereocenters. The van der Waals surface area contributed by atoms with Crippen molar-refractivity contribution in [2.75, 3.05) is 23.3 Å². The Morgan fingerprint density at radius 2 is 1.70 bits per heavy atom. The predicted octanol–water partition coefficient (Wildman–Crippen LogP) is 3.94. The Bertz CT molecular complexity index is 873. The Morgan fingerprint density at radius 1 is 0.967 bits per heavy atom. The van der Waals surface area contributed by atoms with Gasteiger partial charge in [0.15, 0.2) is 0 Å². The van der Waals surface area contributed by atoms with Crippen LogP contribution in [0, 0.1) is 0 Å². The molecule has 0 amide bonds. The Balaban J connectivity index is 1.56. The molecule has 0 spiro atoms. The lowest BCUT2D eigenvalue weighted by atomic mass is 10.2. The van der Waals surface area contributed by atoms with Gasteiger partial charge in [0.05, 0.1) is 0 Å². The van der Waals surface area contributed by atoms with Crippen molar-refractivity contribution in [3.05, 3.63) is 42.2 Å². The first-order valence-corrected chi connectivity index (χ1v) is 12.4. The molecule has 2 aromatic rings. The Hall–Kier alpha value is -2.19. The minimum absolute atomic E-state index is 0.0578. The maximum atomic E-state index is 12.5. The zero-order chi connectivity index (χ0) is 21.4. The van der Waals surface area contributed by atoms with Crippen molar-refractivity contribution in [3.8, 4) is 0 Å². The summed E-state index contributed by atoms with van der Waals surface area (Å²) in [7, 11) is -3.54. The van der Waals surface area contributed by atoms with E-state index < -0.39 is 10.0 Å². The summed E-state index contributed by atoms with van der Waals surface area (Å²) < 4.78 is 27.6. The van der Waals surface area contributed by atoms with E-state index in [-0.39, 0.29) is 10.9 Å². The molecule has 0 aromatic carbocycles. The summed E-state index contributed by atoms with van der Waals surface area (Å²) in [6, 6.07) is 7.38. The third-order valence-corrected chi connectivity index (χ3v) is 7.07. The van der Waals surface area contributed by atoms with Crippen LogP contribution in [-0.4, -0.2) is 37.5 Å². The highest BCUT2D eigenvalue weighted by atomic mass is 32.2. The van der Waals surface area contributed by atoms with Gasteiger partial charge in [-0.25, -0.2) is 23.1 Å². The van der Waals surface area contributed by atoms with Crippen LogP contribution in [0.3, 0.4) is 0 Å². The molecule has 0 atom stereocenters. The number of pyridine rings is 2. The van der Waals surface area contributed by atoms with E-state index in [0.29, 0.717) is 12.4 Å². The van der Waals surface area contributed by atoms with Crippen LogP contribution >= 0.6 is 0 Å². The fourth-order valence-electron chi connectivity index (χ4n) is 3.59. The maximum absolute atomic E-state index is 12.5. The third kappa shape index (κ3) is 6.15. The summed E-state index contributed by atoms with van der Waals surface area (Å²) in [5.41, 5.74) is 1.06. The highest BCUT2D eigenvalue weighted by molar-refractivity contribution is 7.89. The largest absolute Gasteiger partial charge is 0.366 e. The van der Waals surface area contributed by atoms with Crippen molar-refractivity contribution in [1.82, 2.24) is 14.7 Å². The van der Waals surface area contributed by atoms with E-state index in [2.05, 4.69) is 37.0 Å². The predicted molar refractivity (Wildman–Crippen MR) is 121 cm³/mol. The van der Waals surface area contributed by atoms with Gasteiger partial charge in [-0.2, -0.15) is 0 Å². The van der Waals surface area contributed by atoms with Crippen LogP contribution in [0.4, 0.5) is 11.6 Å². The van der Waals surface area contributed by atoms with Crippen molar-refractivity contribution in [1.29, 1.82) is 0 Å². The molecular weight excluding hydrogens is 398 g/mol. The number of nitrogens with one attached hydrogen (secondary N) is 2. The average Bonchev–Trinajstić information content (AvgIpc) is 3.06. The molecule has 2 aromatic heterocycles. The number of aromatic nitrogens is 2. The van der Waals surface area contributed by atoms with Gasteiger partial charge in [0.2, 0.25) is 10.0 Å². The van der Waals surface area contributed by atoms with Crippen molar-refractivity contribution < 1.29 is 8.42 Å². The molecule has 0 bridgehead atoms. The fraction of sp³-hybridized carbons (Fsp3) is 0.545. The van der Waals surface area contributed by atoms with Gasteiger partial charge in [-0.3, -0.25) is 0 Å². The lowest BCUT2D eigenvalue weighted by molar-refractivity contribution is 0.530. The van der Waals surface area contributed by atoms with Gasteiger partial charge >= 0.3 is 0 Å². The molecule has 1 saturated heterocycles. The quantitative estimate of drug-likeness (QED) is 0.625. The van der Waals surface area contributed by atoms with Crippen LogP contribution in [0.1, 0.15) is 57.9 Å². The Kier molecular flexibility index (Phi) is 8.04. The first kappa shape index (κ1) is 22.5. The number of hydrogen-bond acceptors (Lipinski definition) is 6. The summed E-state index contributed by atoms with van der Waals surface area (Å²) in [6.07, 6.45) is 9.88. The molecule has 0 radical (unpaired) electrons. The third-order valence-electron chi connectivity index (χ3n) is 5.57. The maximum Gasteiger partial charge on any atom is 0.242 e. The second kappa shape index (κ2) is 10.7. The number of anilines is 2. The second-order valence-electron chi connectivity index (χ2n) is 7.79. The fourth-order valence-corrected chi connectivity index (χ4v) is 4.93. The molecule has 0 aliphatic carbocycles. The normalized spacial score (nSPS) is 15.2. The van der Waals surface area contributed by atoms with Crippen LogP contribution < -0.4 is 14.9 Å². The van der Waals surface area contributed by atoms with E-state index in [4.69, 9.17) is 0 Å². The number of nitrogens with zero attached hydrogens (tertiary/aromatic N) is 3. The molecule has 164 valence electrons. The van der Waals surface area contributed by atoms with Crippen LogP contribution in [0.2, 0.25) is 0 Å². The van der Waals surface area contributed by atoms with E-state index in [1.54, 1.807) is 12.1 Å². The standard InChI is InChI=1S/C22H33N5O2S/c1-3-19(4-2)26-30(28,29)20-10-11-21(24-17-20)23-15-18-9-12-22(25-16-18)27-13-7-5-6-8-14-27/h9-12,16-17,19,26H,3-8,13-15H2,1-2H3,(H,23,24). The second-order valence-corrected chi connectivity index (χ2v) is 9.51. The topological polar surface area (TPSA) is 87.2 Å². The average molecular weight is 432 g/mol. The van der Waals surface area contributed by atoms with E-state index >= 15 is 0 Å². The smallest absolute Gasteiger partial charge is 0.242 e. The van der Waals surface area contributed by atoms with Gasteiger partial charge in [-0.05, 0) is 49.4 Å². The number of sulfonamides is 1.